The van der Waals surface area contributed by atoms with Crippen molar-refractivity contribution >= 4 is 33.3 Å². The average molecular weight is 567 g/mol. The van der Waals surface area contributed by atoms with Crippen molar-refractivity contribution in [3.05, 3.63) is 59.9 Å². The summed E-state index contributed by atoms with van der Waals surface area (Å²) in [6.45, 7) is 1.47. The van der Waals surface area contributed by atoms with Gasteiger partial charge in [-0.2, -0.15) is 0 Å². The van der Waals surface area contributed by atoms with Crippen molar-refractivity contribution in [2.75, 3.05) is 57.6 Å². The number of carbonyl (C=O) groups is 1. The van der Waals surface area contributed by atoms with Gasteiger partial charge in [-0.05, 0) is 38.1 Å². The lowest BCUT2D eigenvalue weighted by atomic mass is 9.97. The molecule has 3 heterocycles. The summed E-state index contributed by atoms with van der Waals surface area (Å²) in [4.78, 5) is 25.8. The average Bonchev–Trinajstić information content (AvgIpc) is 3.33. The SMILES string of the molecule is COc1cc2cc(c1OC)CN(C)CC(=O)N(C)CCCC1CN(S(=O)(=O)c3ccccc3)c3ncnc(c31)N2. The van der Waals surface area contributed by atoms with Crippen molar-refractivity contribution < 1.29 is 22.7 Å². The Kier molecular flexibility index (Phi) is 7.81. The van der Waals surface area contributed by atoms with E-state index in [1.807, 2.05) is 24.1 Å². The summed E-state index contributed by atoms with van der Waals surface area (Å²) in [5.74, 6) is 1.83. The van der Waals surface area contributed by atoms with E-state index < -0.39 is 10.0 Å². The molecule has 2 aliphatic heterocycles. The minimum absolute atomic E-state index is 0.00158. The van der Waals surface area contributed by atoms with Crippen LogP contribution in [0.25, 0.3) is 0 Å². The summed E-state index contributed by atoms with van der Waals surface area (Å²) in [6.07, 6.45) is 2.73. The van der Waals surface area contributed by atoms with Gasteiger partial charge in [0.2, 0.25) is 5.91 Å². The second-order valence-electron chi connectivity index (χ2n) is 10.1. The second-order valence-corrected chi connectivity index (χ2v) is 12.0. The fourth-order valence-corrected chi connectivity index (χ4v) is 6.88. The number of sulfonamides is 1. The molecule has 2 aliphatic rings. The molecule has 1 unspecified atom stereocenters. The number of methoxy groups -OCH3 is 2. The smallest absolute Gasteiger partial charge is 0.265 e. The number of anilines is 3. The molecule has 0 saturated carbocycles. The Morgan fingerprint density at radius 3 is 2.52 bits per heavy atom. The maximum absolute atomic E-state index is 13.7. The summed E-state index contributed by atoms with van der Waals surface area (Å²) >= 11 is 0. The number of carbonyl (C=O) groups excluding carboxylic acids is 1. The van der Waals surface area contributed by atoms with E-state index in [4.69, 9.17) is 9.47 Å². The van der Waals surface area contributed by atoms with Crippen LogP contribution < -0.4 is 19.1 Å². The minimum atomic E-state index is -3.85. The highest BCUT2D eigenvalue weighted by atomic mass is 32.2. The van der Waals surface area contributed by atoms with Gasteiger partial charge in [0.05, 0.1) is 25.7 Å². The predicted molar refractivity (Wildman–Crippen MR) is 152 cm³/mol. The Bertz CT molecular complexity index is 1500. The number of amides is 1. The minimum Gasteiger partial charge on any atom is -0.493 e. The van der Waals surface area contributed by atoms with Gasteiger partial charge in [0.25, 0.3) is 10.0 Å². The van der Waals surface area contributed by atoms with Crippen LogP contribution in [0.15, 0.2) is 53.7 Å². The molecular weight excluding hydrogens is 532 g/mol. The third kappa shape index (κ3) is 5.28. The first-order valence-corrected chi connectivity index (χ1v) is 14.5. The number of nitrogens with one attached hydrogen (secondary N) is 1. The van der Waals surface area contributed by atoms with Gasteiger partial charge in [-0.25, -0.2) is 22.7 Å². The third-order valence-electron chi connectivity index (χ3n) is 7.36. The molecule has 0 spiro atoms. The van der Waals surface area contributed by atoms with E-state index in [1.54, 1.807) is 56.5 Å². The molecule has 5 rings (SSSR count). The lowest BCUT2D eigenvalue weighted by Crippen LogP contribution is -2.37. The Labute approximate surface area is 234 Å². The van der Waals surface area contributed by atoms with Crippen molar-refractivity contribution in [1.82, 2.24) is 19.8 Å². The first-order chi connectivity index (χ1) is 19.2. The molecule has 2 aromatic carbocycles. The summed E-state index contributed by atoms with van der Waals surface area (Å²) in [7, 11) is 2.99. The molecule has 40 heavy (non-hydrogen) atoms. The standard InChI is InChI=1S/C28H34N6O5S/c1-32-15-20-13-21(14-23(38-3)26(20)39-4)31-27-25-19(9-8-12-33(2)24(35)17-32)16-34(28(25)30-18-29-27)40(36,37)22-10-6-5-7-11-22/h5-7,10-11,13-14,18-19H,8-9,12,15-17H2,1-4H3,(H,29,30,31). The van der Waals surface area contributed by atoms with E-state index in [9.17, 15) is 13.2 Å². The first kappa shape index (κ1) is 27.7. The van der Waals surface area contributed by atoms with Crippen molar-refractivity contribution in [3.8, 4) is 11.5 Å². The van der Waals surface area contributed by atoms with Crippen LogP contribution in [-0.2, 0) is 21.4 Å². The van der Waals surface area contributed by atoms with Gasteiger partial charge in [0.1, 0.15) is 12.1 Å². The summed E-state index contributed by atoms with van der Waals surface area (Å²) in [5, 5.41) is 3.41. The number of likely N-dealkylation sites (N-methyl/N-ethyl adjacent to an activating group) is 2. The highest BCUT2D eigenvalue weighted by Crippen LogP contribution is 2.45. The van der Waals surface area contributed by atoms with E-state index in [2.05, 4.69) is 15.3 Å². The zero-order valence-corrected chi connectivity index (χ0v) is 23.9. The van der Waals surface area contributed by atoms with Crippen LogP contribution in [0.2, 0.25) is 0 Å². The molecule has 1 aromatic heterocycles. The normalized spacial score (nSPS) is 18.4. The monoisotopic (exact) mass is 566 g/mol. The maximum atomic E-state index is 13.7. The van der Waals surface area contributed by atoms with Crippen molar-refractivity contribution in [3.63, 3.8) is 0 Å². The highest BCUT2D eigenvalue weighted by molar-refractivity contribution is 7.92. The van der Waals surface area contributed by atoms with Crippen LogP contribution in [-0.4, -0.2) is 82.0 Å². The summed E-state index contributed by atoms with van der Waals surface area (Å²) < 4.78 is 40.1. The third-order valence-corrected chi connectivity index (χ3v) is 9.13. The van der Waals surface area contributed by atoms with Gasteiger partial charge in [0.15, 0.2) is 17.3 Å². The second kappa shape index (κ2) is 11.3. The largest absolute Gasteiger partial charge is 0.493 e. The quantitative estimate of drug-likeness (QED) is 0.508. The lowest BCUT2D eigenvalue weighted by molar-refractivity contribution is -0.131. The molecule has 3 aromatic rings. The molecule has 1 amide bonds. The van der Waals surface area contributed by atoms with Crippen LogP contribution >= 0.6 is 0 Å². The Hall–Kier alpha value is -3.90. The number of hydrogen-bond acceptors (Lipinski definition) is 9. The molecule has 0 saturated heterocycles. The van der Waals surface area contributed by atoms with Crippen molar-refractivity contribution in [1.29, 1.82) is 0 Å². The van der Waals surface area contributed by atoms with Crippen LogP contribution in [0.3, 0.4) is 0 Å². The number of rotatable bonds is 4. The van der Waals surface area contributed by atoms with E-state index >= 15 is 0 Å². The molecule has 11 nitrogen and oxygen atoms in total. The Morgan fingerprint density at radius 2 is 1.80 bits per heavy atom. The molecule has 0 fully saturated rings. The van der Waals surface area contributed by atoms with Crippen LogP contribution in [0.1, 0.15) is 29.9 Å². The number of nitrogens with zero attached hydrogens (tertiary/aromatic N) is 5. The van der Waals surface area contributed by atoms with E-state index in [0.717, 1.165) is 11.1 Å². The topological polar surface area (TPSA) is 117 Å². The zero-order valence-electron chi connectivity index (χ0n) is 23.1. The van der Waals surface area contributed by atoms with Crippen LogP contribution in [0, 0.1) is 0 Å². The summed E-state index contributed by atoms with van der Waals surface area (Å²) in [6, 6.07) is 12.1. The van der Waals surface area contributed by atoms with Gasteiger partial charge in [-0.3, -0.25) is 9.69 Å². The molecular formula is C28H34N6O5S. The number of hydrogen-bond donors (Lipinski definition) is 1. The zero-order chi connectivity index (χ0) is 28.4. The van der Waals surface area contributed by atoms with Gasteiger partial charge in [-0.1, -0.05) is 18.2 Å². The lowest BCUT2D eigenvalue weighted by Gasteiger charge is -2.23. The fourth-order valence-electron chi connectivity index (χ4n) is 5.37. The fraction of sp³-hybridized carbons (Fsp3) is 0.393. The van der Waals surface area contributed by atoms with Crippen LogP contribution in [0.5, 0.6) is 11.5 Å². The first-order valence-electron chi connectivity index (χ1n) is 13.1. The van der Waals surface area contributed by atoms with E-state index in [1.165, 1.54) is 10.6 Å². The predicted octanol–water partition coefficient (Wildman–Crippen LogP) is 3.21. The van der Waals surface area contributed by atoms with Crippen LogP contribution in [0.4, 0.5) is 17.3 Å². The molecule has 0 radical (unpaired) electrons. The van der Waals surface area contributed by atoms with Gasteiger partial charge < -0.3 is 19.7 Å². The Morgan fingerprint density at radius 1 is 1.02 bits per heavy atom. The number of fused-ring (bicyclic) bond motifs is 2. The molecule has 1 atom stereocenters. The molecule has 212 valence electrons. The summed E-state index contributed by atoms with van der Waals surface area (Å²) in [5.41, 5.74) is 2.26. The van der Waals surface area contributed by atoms with Gasteiger partial charge >= 0.3 is 0 Å². The molecule has 1 N–H and O–H groups in total. The van der Waals surface area contributed by atoms with Crippen molar-refractivity contribution in [2.24, 2.45) is 0 Å². The molecule has 0 aliphatic carbocycles. The Balaban J connectivity index is 1.62. The van der Waals surface area contributed by atoms with Gasteiger partial charge in [-0.15, -0.1) is 0 Å². The van der Waals surface area contributed by atoms with E-state index in [-0.39, 0.29) is 29.8 Å². The maximum Gasteiger partial charge on any atom is 0.265 e. The molecule has 2 bridgehead atoms. The number of ether oxygens (including phenoxy) is 2. The van der Waals surface area contributed by atoms with Crippen molar-refractivity contribution in [2.45, 2.75) is 30.2 Å². The number of benzene rings is 2. The highest BCUT2D eigenvalue weighted by Gasteiger charge is 2.40. The molecule has 12 heteroatoms. The van der Waals surface area contributed by atoms with Gasteiger partial charge in [0, 0.05) is 55.5 Å². The van der Waals surface area contributed by atoms with E-state index in [0.29, 0.717) is 54.8 Å². The number of aromatic nitrogens is 2.